The van der Waals surface area contributed by atoms with E-state index in [-0.39, 0.29) is 11.6 Å². The molecule has 2 amide bonds. The lowest BCUT2D eigenvalue weighted by Gasteiger charge is -2.46. The Bertz CT molecular complexity index is 207. The molecule has 1 heterocycles. The molecule has 1 aliphatic heterocycles. The fourth-order valence-electron chi connectivity index (χ4n) is 1.93. The standard InChI is InChI=1S/C10H20N2O/c1-8-6-7-11(5)9(13)12(8)10(2,3)4/h8H,6-7H2,1-5H3/t8-/m0/s1. The van der Waals surface area contributed by atoms with Crippen molar-refractivity contribution >= 4 is 6.03 Å². The molecule has 1 rings (SSSR count). The predicted molar refractivity (Wildman–Crippen MR) is 53.7 cm³/mol. The minimum absolute atomic E-state index is 0.0643. The van der Waals surface area contributed by atoms with E-state index >= 15 is 0 Å². The molecule has 0 spiro atoms. The Kier molecular flexibility index (Phi) is 2.55. The monoisotopic (exact) mass is 184 g/mol. The van der Waals surface area contributed by atoms with Gasteiger partial charge in [-0.25, -0.2) is 4.79 Å². The lowest BCUT2D eigenvalue weighted by atomic mass is 10.0. The largest absolute Gasteiger partial charge is 0.328 e. The quantitative estimate of drug-likeness (QED) is 0.564. The minimum atomic E-state index is -0.0643. The number of carbonyl (C=O) groups is 1. The average Bonchev–Trinajstić information content (AvgIpc) is 1.95. The zero-order chi connectivity index (χ0) is 10.2. The van der Waals surface area contributed by atoms with Gasteiger partial charge in [-0.3, -0.25) is 0 Å². The molecule has 76 valence electrons. The number of carbonyl (C=O) groups excluding carboxylic acids is 1. The van der Waals surface area contributed by atoms with E-state index in [1.54, 1.807) is 4.90 Å². The van der Waals surface area contributed by atoms with Crippen LogP contribution < -0.4 is 0 Å². The van der Waals surface area contributed by atoms with Crippen LogP contribution in [0.5, 0.6) is 0 Å². The summed E-state index contributed by atoms with van der Waals surface area (Å²) in [6.45, 7) is 9.25. The Hall–Kier alpha value is -0.730. The van der Waals surface area contributed by atoms with Gasteiger partial charge < -0.3 is 9.80 Å². The summed E-state index contributed by atoms with van der Waals surface area (Å²) in [4.78, 5) is 15.6. The second-order valence-electron chi connectivity index (χ2n) is 4.88. The van der Waals surface area contributed by atoms with Crippen LogP contribution in [0, 0.1) is 0 Å². The van der Waals surface area contributed by atoms with Crippen molar-refractivity contribution < 1.29 is 4.79 Å². The fourth-order valence-corrected chi connectivity index (χ4v) is 1.93. The summed E-state index contributed by atoms with van der Waals surface area (Å²) >= 11 is 0. The van der Waals surface area contributed by atoms with Crippen LogP contribution in [0.15, 0.2) is 0 Å². The number of nitrogens with zero attached hydrogens (tertiary/aromatic N) is 2. The van der Waals surface area contributed by atoms with Gasteiger partial charge in [-0.1, -0.05) is 0 Å². The van der Waals surface area contributed by atoms with Crippen LogP contribution >= 0.6 is 0 Å². The lowest BCUT2D eigenvalue weighted by molar-refractivity contribution is 0.0614. The Morgan fingerprint density at radius 3 is 2.31 bits per heavy atom. The highest BCUT2D eigenvalue weighted by Gasteiger charge is 2.35. The number of urea groups is 1. The van der Waals surface area contributed by atoms with Gasteiger partial charge in [-0.05, 0) is 34.1 Å². The van der Waals surface area contributed by atoms with Crippen molar-refractivity contribution in [3.63, 3.8) is 0 Å². The molecule has 0 aromatic carbocycles. The van der Waals surface area contributed by atoms with E-state index in [1.165, 1.54) is 0 Å². The lowest BCUT2D eigenvalue weighted by Crippen LogP contribution is -2.59. The maximum atomic E-state index is 11.8. The summed E-state index contributed by atoms with van der Waals surface area (Å²) in [5.41, 5.74) is -0.0643. The zero-order valence-corrected chi connectivity index (χ0v) is 9.29. The highest BCUT2D eigenvalue weighted by molar-refractivity contribution is 5.76. The van der Waals surface area contributed by atoms with Gasteiger partial charge >= 0.3 is 6.03 Å². The smallest absolute Gasteiger partial charge is 0.320 e. The molecule has 3 heteroatoms. The second kappa shape index (κ2) is 3.20. The first-order valence-electron chi connectivity index (χ1n) is 4.88. The topological polar surface area (TPSA) is 23.6 Å². The number of amides is 2. The van der Waals surface area contributed by atoms with Crippen molar-refractivity contribution in [1.82, 2.24) is 9.80 Å². The molecule has 0 saturated carbocycles. The van der Waals surface area contributed by atoms with Gasteiger partial charge in [0.05, 0.1) is 0 Å². The maximum absolute atomic E-state index is 11.8. The van der Waals surface area contributed by atoms with Crippen LogP contribution in [0.1, 0.15) is 34.1 Å². The first-order chi connectivity index (χ1) is 5.84. The summed E-state index contributed by atoms with van der Waals surface area (Å²) in [5, 5.41) is 0. The summed E-state index contributed by atoms with van der Waals surface area (Å²) in [6.07, 6.45) is 1.07. The zero-order valence-electron chi connectivity index (χ0n) is 9.29. The Morgan fingerprint density at radius 2 is 1.92 bits per heavy atom. The second-order valence-corrected chi connectivity index (χ2v) is 4.88. The highest BCUT2D eigenvalue weighted by atomic mass is 16.2. The molecule has 0 bridgehead atoms. The Morgan fingerprint density at radius 1 is 1.38 bits per heavy atom. The third-order valence-corrected chi connectivity index (χ3v) is 2.58. The van der Waals surface area contributed by atoms with Gasteiger partial charge in [0.1, 0.15) is 0 Å². The van der Waals surface area contributed by atoms with Crippen molar-refractivity contribution in [3.05, 3.63) is 0 Å². The molecule has 0 aromatic heterocycles. The van der Waals surface area contributed by atoms with Gasteiger partial charge in [0.25, 0.3) is 0 Å². The van der Waals surface area contributed by atoms with Gasteiger partial charge in [-0.15, -0.1) is 0 Å². The summed E-state index contributed by atoms with van der Waals surface area (Å²) in [6, 6.07) is 0.523. The van der Waals surface area contributed by atoms with Crippen LogP contribution in [0.3, 0.4) is 0 Å². The molecular weight excluding hydrogens is 164 g/mol. The van der Waals surface area contributed by atoms with Crippen LogP contribution in [-0.4, -0.2) is 41.0 Å². The summed E-state index contributed by atoms with van der Waals surface area (Å²) < 4.78 is 0. The molecule has 0 unspecified atom stereocenters. The van der Waals surface area contributed by atoms with Gasteiger partial charge in [0, 0.05) is 25.2 Å². The normalized spacial score (nSPS) is 25.3. The van der Waals surface area contributed by atoms with Crippen molar-refractivity contribution in [2.75, 3.05) is 13.6 Å². The molecule has 1 atom stereocenters. The molecule has 3 nitrogen and oxygen atoms in total. The van der Waals surface area contributed by atoms with E-state index < -0.39 is 0 Å². The minimum Gasteiger partial charge on any atom is -0.328 e. The maximum Gasteiger partial charge on any atom is 0.320 e. The summed E-state index contributed by atoms with van der Waals surface area (Å²) in [7, 11) is 1.87. The van der Waals surface area contributed by atoms with E-state index in [2.05, 4.69) is 27.7 Å². The first kappa shape index (κ1) is 10.4. The molecule has 1 fully saturated rings. The van der Waals surface area contributed by atoms with Crippen molar-refractivity contribution in [2.24, 2.45) is 0 Å². The van der Waals surface area contributed by atoms with Crippen molar-refractivity contribution in [3.8, 4) is 0 Å². The third kappa shape index (κ3) is 1.95. The van der Waals surface area contributed by atoms with Crippen LogP contribution in [0.25, 0.3) is 0 Å². The van der Waals surface area contributed by atoms with E-state index in [1.807, 2.05) is 11.9 Å². The molecule has 1 aliphatic rings. The summed E-state index contributed by atoms with van der Waals surface area (Å²) in [5.74, 6) is 0. The highest BCUT2D eigenvalue weighted by Crippen LogP contribution is 2.24. The third-order valence-electron chi connectivity index (χ3n) is 2.58. The van der Waals surface area contributed by atoms with Crippen LogP contribution in [0.4, 0.5) is 4.79 Å². The molecule has 13 heavy (non-hydrogen) atoms. The molecular formula is C10H20N2O. The predicted octanol–water partition coefficient (Wildman–Crippen LogP) is 1.93. The van der Waals surface area contributed by atoms with E-state index in [4.69, 9.17) is 0 Å². The molecule has 1 saturated heterocycles. The van der Waals surface area contributed by atoms with E-state index in [9.17, 15) is 4.79 Å². The van der Waals surface area contributed by atoms with Crippen molar-refractivity contribution in [2.45, 2.75) is 45.7 Å². The van der Waals surface area contributed by atoms with Gasteiger partial charge in [0.2, 0.25) is 0 Å². The van der Waals surface area contributed by atoms with Crippen molar-refractivity contribution in [1.29, 1.82) is 0 Å². The van der Waals surface area contributed by atoms with Gasteiger partial charge in [0.15, 0.2) is 0 Å². The van der Waals surface area contributed by atoms with E-state index in [0.717, 1.165) is 13.0 Å². The SMILES string of the molecule is C[C@H]1CCN(C)C(=O)N1C(C)(C)C. The Balaban J connectivity index is 2.85. The molecule has 0 aliphatic carbocycles. The molecule has 0 radical (unpaired) electrons. The average molecular weight is 184 g/mol. The number of hydrogen-bond donors (Lipinski definition) is 0. The molecule has 0 N–H and O–H groups in total. The fraction of sp³-hybridized carbons (Fsp3) is 0.900. The number of rotatable bonds is 0. The van der Waals surface area contributed by atoms with Crippen LogP contribution in [-0.2, 0) is 0 Å². The number of hydrogen-bond acceptors (Lipinski definition) is 1. The van der Waals surface area contributed by atoms with Gasteiger partial charge in [-0.2, -0.15) is 0 Å². The van der Waals surface area contributed by atoms with E-state index in [0.29, 0.717) is 6.04 Å². The Labute approximate surface area is 80.7 Å². The first-order valence-corrected chi connectivity index (χ1v) is 4.88. The van der Waals surface area contributed by atoms with Crippen LogP contribution in [0.2, 0.25) is 0 Å². The molecule has 0 aromatic rings.